The number of benzene rings is 2. The Morgan fingerprint density at radius 2 is 1.83 bits per heavy atom. The van der Waals surface area contributed by atoms with Crippen molar-refractivity contribution in [3.8, 4) is 0 Å². The number of hydrazine groups is 2. The third-order valence-electron chi connectivity index (χ3n) is 5.66. The SMILES string of the molecule is CN1NNN=C1Sc1ccc(S(=O)(=O)C(F)(F)F)cc1C(=O)Nc1ccc(C2CCCC2)cc1.I.[HH]. The summed E-state index contributed by atoms with van der Waals surface area (Å²) in [5, 5.41) is 8.50. The van der Waals surface area contributed by atoms with E-state index in [2.05, 4.69) is 21.5 Å². The summed E-state index contributed by atoms with van der Waals surface area (Å²) in [6.45, 7) is 0. The van der Waals surface area contributed by atoms with E-state index in [0.717, 1.165) is 42.8 Å². The first kappa shape index (κ1) is 27.5. The molecular weight excluding hydrogens is 618 g/mol. The fourth-order valence-corrected chi connectivity index (χ4v) is 5.49. The van der Waals surface area contributed by atoms with Gasteiger partial charge in [-0.15, -0.1) is 34.6 Å². The van der Waals surface area contributed by atoms with Gasteiger partial charge in [-0.25, -0.2) is 14.0 Å². The lowest BCUT2D eigenvalue weighted by molar-refractivity contribution is -0.0436. The Morgan fingerprint density at radius 3 is 2.40 bits per heavy atom. The predicted octanol–water partition coefficient (Wildman–Crippen LogP) is 5.07. The maximum Gasteiger partial charge on any atom is 0.501 e. The van der Waals surface area contributed by atoms with Crippen molar-refractivity contribution in [2.24, 2.45) is 5.10 Å². The van der Waals surface area contributed by atoms with Crippen LogP contribution in [0.15, 0.2) is 57.4 Å². The van der Waals surface area contributed by atoms with Crippen molar-refractivity contribution in [3.05, 3.63) is 53.6 Å². The van der Waals surface area contributed by atoms with Crippen molar-refractivity contribution in [3.63, 3.8) is 0 Å². The maximum absolute atomic E-state index is 13.1. The molecule has 2 aromatic rings. The number of alkyl halides is 3. The maximum atomic E-state index is 13.1. The quantitative estimate of drug-likeness (QED) is 0.391. The molecule has 1 heterocycles. The lowest BCUT2D eigenvalue weighted by atomic mass is 9.97. The van der Waals surface area contributed by atoms with Crippen molar-refractivity contribution >= 4 is 62.3 Å². The number of rotatable bonds is 5. The average molecular weight is 643 g/mol. The molecule has 1 fully saturated rings. The molecule has 1 amide bonds. The summed E-state index contributed by atoms with van der Waals surface area (Å²) >= 11 is 0.985. The molecule has 1 aliphatic carbocycles. The van der Waals surface area contributed by atoms with Crippen LogP contribution < -0.4 is 16.4 Å². The summed E-state index contributed by atoms with van der Waals surface area (Å²) in [5.41, 5.74) is 1.10. The van der Waals surface area contributed by atoms with Gasteiger partial charge in [0.25, 0.3) is 15.7 Å². The van der Waals surface area contributed by atoms with E-state index in [0.29, 0.717) is 16.8 Å². The summed E-state index contributed by atoms with van der Waals surface area (Å²) in [4.78, 5) is 12.3. The Morgan fingerprint density at radius 1 is 1.17 bits per heavy atom. The second-order valence-corrected chi connectivity index (χ2v) is 10.9. The third-order valence-corrected chi connectivity index (χ3v) is 8.27. The number of sulfone groups is 1. The average Bonchev–Trinajstić information content (AvgIpc) is 3.46. The standard InChI is InChI=1S/C21H22F3N5O3S2.HI.H2/c1-29-20(26-27-28-29)33-18-11-10-16(34(31,32)21(22,23)24)12-17(18)19(30)25-15-8-6-14(7-9-15)13-4-2-3-5-13;;/h6-13,27-28H,2-5H2,1H3,(H,25,30);2*1H. The van der Waals surface area contributed by atoms with Crippen LogP contribution >= 0.6 is 35.7 Å². The van der Waals surface area contributed by atoms with Gasteiger partial charge >= 0.3 is 5.51 Å². The van der Waals surface area contributed by atoms with Gasteiger partial charge < -0.3 is 5.32 Å². The zero-order chi connectivity index (χ0) is 24.5. The summed E-state index contributed by atoms with van der Waals surface area (Å²) < 4.78 is 63.2. The number of halogens is 4. The summed E-state index contributed by atoms with van der Waals surface area (Å²) in [7, 11) is -3.99. The molecule has 0 bridgehead atoms. The first-order valence-corrected chi connectivity index (χ1v) is 12.7. The Hall–Kier alpha value is -2.04. The number of hydrazone groups is 1. The van der Waals surface area contributed by atoms with E-state index in [-0.39, 0.29) is 35.9 Å². The molecule has 8 nitrogen and oxygen atoms in total. The molecule has 3 N–H and O–H groups in total. The van der Waals surface area contributed by atoms with Crippen LogP contribution in [0.25, 0.3) is 0 Å². The van der Waals surface area contributed by atoms with E-state index in [1.807, 2.05) is 12.1 Å². The van der Waals surface area contributed by atoms with E-state index in [9.17, 15) is 26.4 Å². The molecule has 14 heteroatoms. The zero-order valence-corrected chi connectivity index (χ0v) is 22.4. The largest absolute Gasteiger partial charge is 0.501 e. The molecule has 35 heavy (non-hydrogen) atoms. The fourth-order valence-electron chi connectivity index (χ4n) is 3.83. The van der Waals surface area contributed by atoms with Gasteiger partial charge in [0, 0.05) is 19.1 Å². The highest BCUT2D eigenvalue weighted by Gasteiger charge is 2.47. The molecule has 2 aromatic carbocycles. The van der Waals surface area contributed by atoms with E-state index in [4.69, 9.17) is 0 Å². The van der Waals surface area contributed by atoms with Crippen LogP contribution in [0.4, 0.5) is 18.9 Å². The fraction of sp³-hybridized carbons (Fsp3) is 0.333. The van der Waals surface area contributed by atoms with Crippen molar-refractivity contribution in [2.75, 3.05) is 12.4 Å². The van der Waals surface area contributed by atoms with Crippen LogP contribution in [0.2, 0.25) is 0 Å². The monoisotopic (exact) mass is 643 g/mol. The Labute approximate surface area is 223 Å². The van der Waals surface area contributed by atoms with Crippen molar-refractivity contribution < 1.29 is 27.8 Å². The number of amidine groups is 1. The second kappa shape index (κ2) is 10.9. The van der Waals surface area contributed by atoms with Gasteiger partial charge in [0.2, 0.25) is 5.17 Å². The number of carbonyl (C=O) groups excluding carboxylic acids is 1. The normalized spacial score (nSPS) is 16.5. The molecule has 0 aromatic heterocycles. The molecule has 0 atom stereocenters. The van der Waals surface area contributed by atoms with Crippen LogP contribution in [-0.2, 0) is 9.84 Å². The Bertz CT molecular complexity index is 1220. The van der Waals surface area contributed by atoms with E-state index in [1.54, 1.807) is 19.2 Å². The van der Waals surface area contributed by atoms with Crippen LogP contribution in [0, 0.1) is 0 Å². The van der Waals surface area contributed by atoms with Gasteiger partial charge in [-0.2, -0.15) is 13.2 Å². The van der Waals surface area contributed by atoms with Gasteiger partial charge in [-0.1, -0.05) is 25.0 Å². The molecule has 4 rings (SSSR count). The molecule has 1 aliphatic heterocycles. The second-order valence-electron chi connectivity index (χ2n) is 7.94. The first-order chi connectivity index (χ1) is 16.1. The number of nitrogens with one attached hydrogen (secondary N) is 3. The molecule has 192 valence electrons. The highest BCUT2D eigenvalue weighted by Crippen LogP contribution is 2.36. The molecule has 0 saturated heterocycles. The number of hydrogen-bond donors (Lipinski definition) is 3. The number of anilines is 1. The highest BCUT2D eigenvalue weighted by atomic mass is 127. The Balaban J connectivity index is 0.00000228. The van der Waals surface area contributed by atoms with Crippen molar-refractivity contribution in [2.45, 2.75) is 46.9 Å². The summed E-state index contributed by atoms with van der Waals surface area (Å²) in [6, 6.07) is 10.0. The molecule has 2 aliphatic rings. The van der Waals surface area contributed by atoms with Crippen molar-refractivity contribution in [1.82, 2.24) is 16.1 Å². The molecule has 0 radical (unpaired) electrons. The van der Waals surface area contributed by atoms with Gasteiger partial charge in [0.15, 0.2) is 0 Å². The van der Waals surface area contributed by atoms with Gasteiger partial charge in [0.1, 0.15) is 0 Å². The van der Waals surface area contributed by atoms with E-state index >= 15 is 0 Å². The number of hydrogen-bond acceptors (Lipinski definition) is 8. The summed E-state index contributed by atoms with van der Waals surface area (Å²) in [6.07, 6.45) is 4.61. The van der Waals surface area contributed by atoms with Crippen molar-refractivity contribution in [1.29, 1.82) is 0 Å². The molecular formula is C21H25F3IN5O3S2. The first-order valence-electron chi connectivity index (χ1n) is 10.4. The number of thioether (sulfide) groups is 1. The smallest absolute Gasteiger partial charge is 0.322 e. The minimum Gasteiger partial charge on any atom is -0.322 e. The lowest BCUT2D eigenvalue weighted by Crippen LogP contribution is -2.36. The van der Waals surface area contributed by atoms with Crippen LogP contribution in [0.5, 0.6) is 0 Å². The number of amides is 1. The third kappa shape index (κ3) is 6.03. The van der Waals surface area contributed by atoms with Gasteiger partial charge in [-0.05, 0) is 66.4 Å². The molecule has 1 saturated carbocycles. The minimum atomic E-state index is -5.63. The van der Waals surface area contributed by atoms with Gasteiger partial charge in [0.05, 0.1) is 10.5 Å². The lowest BCUT2D eigenvalue weighted by Gasteiger charge is -2.16. The van der Waals surface area contributed by atoms with E-state index < -0.39 is 26.1 Å². The van der Waals surface area contributed by atoms with Gasteiger partial charge in [-0.3, -0.25) is 9.80 Å². The van der Waals surface area contributed by atoms with Crippen LogP contribution in [0.3, 0.4) is 0 Å². The summed E-state index contributed by atoms with van der Waals surface area (Å²) in [5.74, 6) is -0.249. The minimum absolute atomic E-state index is 0. The molecule has 0 spiro atoms. The zero-order valence-electron chi connectivity index (χ0n) is 18.4. The Kier molecular flexibility index (Phi) is 8.60. The van der Waals surface area contributed by atoms with Crippen LogP contribution in [0.1, 0.15) is 48.9 Å². The van der Waals surface area contributed by atoms with E-state index in [1.165, 1.54) is 23.4 Å². The highest BCUT2D eigenvalue weighted by molar-refractivity contribution is 14.0. The predicted molar refractivity (Wildman–Crippen MR) is 140 cm³/mol. The topological polar surface area (TPSA) is 103 Å². The molecule has 0 unspecified atom stereocenters. The van der Waals surface area contributed by atoms with Crippen LogP contribution in [-0.4, -0.2) is 37.1 Å². The number of carbonyl (C=O) groups is 1. The number of nitrogens with zero attached hydrogens (tertiary/aromatic N) is 2.